The first-order chi connectivity index (χ1) is 17.4. The summed E-state index contributed by atoms with van der Waals surface area (Å²) in [6, 6.07) is 12.8. The highest BCUT2D eigenvalue weighted by Crippen LogP contribution is 2.44. The molecule has 1 aliphatic heterocycles. The van der Waals surface area contributed by atoms with E-state index in [4.69, 9.17) is 37.7 Å². The predicted molar refractivity (Wildman–Crippen MR) is 143 cm³/mol. The van der Waals surface area contributed by atoms with Crippen LogP contribution < -0.4 is 14.8 Å². The lowest BCUT2D eigenvalue weighted by Gasteiger charge is -2.28. The molecule has 0 radical (unpaired) electrons. The molecular weight excluding hydrogens is 519 g/mol. The van der Waals surface area contributed by atoms with Crippen molar-refractivity contribution < 1.29 is 14.3 Å². The van der Waals surface area contributed by atoms with Gasteiger partial charge in [-0.3, -0.25) is 4.79 Å². The lowest BCUT2D eigenvalue weighted by Crippen LogP contribution is -2.28. The molecule has 0 unspecified atom stereocenters. The number of carbonyl (C=O) groups is 1. The van der Waals surface area contributed by atoms with Crippen molar-refractivity contribution in [2.24, 2.45) is 0 Å². The molecule has 0 fully saturated rings. The van der Waals surface area contributed by atoms with E-state index in [9.17, 15) is 10.1 Å². The molecule has 0 saturated carbocycles. The van der Waals surface area contributed by atoms with Gasteiger partial charge in [-0.2, -0.15) is 5.26 Å². The number of pyridine rings is 1. The minimum absolute atomic E-state index is 0.0648. The molecule has 1 amide bonds. The zero-order valence-electron chi connectivity index (χ0n) is 20.0. The summed E-state index contributed by atoms with van der Waals surface area (Å²) < 4.78 is 11.2. The van der Waals surface area contributed by atoms with Crippen LogP contribution in [0.2, 0.25) is 10.0 Å². The third kappa shape index (κ3) is 5.40. The molecule has 1 aromatic heterocycles. The molecule has 2 heterocycles. The maximum absolute atomic E-state index is 12.7. The van der Waals surface area contributed by atoms with E-state index in [0.717, 1.165) is 35.3 Å². The molecule has 4 rings (SSSR count). The van der Waals surface area contributed by atoms with E-state index in [-0.39, 0.29) is 11.7 Å². The maximum atomic E-state index is 12.7. The quantitative estimate of drug-likeness (QED) is 0.385. The Kier molecular flexibility index (Phi) is 8.27. The first-order valence-corrected chi connectivity index (χ1v) is 12.8. The number of ether oxygens (including phenoxy) is 2. The highest BCUT2D eigenvalue weighted by molar-refractivity contribution is 8.00. The van der Waals surface area contributed by atoms with Crippen LogP contribution in [0.25, 0.3) is 11.1 Å². The number of rotatable bonds is 7. The van der Waals surface area contributed by atoms with Crippen molar-refractivity contribution >= 4 is 46.6 Å². The fourth-order valence-corrected chi connectivity index (χ4v) is 5.27. The van der Waals surface area contributed by atoms with Crippen molar-refractivity contribution in [3.05, 3.63) is 63.3 Å². The molecule has 1 N–H and O–H groups in total. The monoisotopic (exact) mass is 542 g/mol. The molecule has 36 heavy (non-hydrogen) atoms. The second-order valence-corrected chi connectivity index (χ2v) is 9.98. The lowest BCUT2D eigenvalue weighted by molar-refractivity contribution is -0.113. The number of nitrogens with zero attached hydrogens (tertiary/aromatic N) is 3. The number of halogens is 2. The third-order valence-corrected chi connectivity index (χ3v) is 7.55. The zero-order valence-corrected chi connectivity index (χ0v) is 22.4. The van der Waals surface area contributed by atoms with Crippen LogP contribution in [0, 0.1) is 11.3 Å². The number of amides is 1. The number of thioether (sulfide) groups is 1. The summed E-state index contributed by atoms with van der Waals surface area (Å²) in [5, 5.41) is 14.3. The van der Waals surface area contributed by atoms with E-state index >= 15 is 0 Å². The molecule has 10 heteroatoms. The van der Waals surface area contributed by atoms with Gasteiger partial charge in [-0.15, -0.1) is 0 Å². The van der Waals surface area contributed by atoms with Gasteiger partial charge in [0.05, 0.1) is 35.6 Å². The van der Waals surface area contributed by atoms with Gasteiger partial charge in [0.15, 0.2) is 11.5 Å². The molecule has 7 nitrogen and oxygen atoms in total. The number of carbonyl (C=O) groups excluding carboxylic acids is 1. The standard InChI is InChI=1S/C26H24Cl2N4O3S/c1-32-10-9-21-18(13-32)24(16-5-4-6-22(34-2)25(16)35-3)17(12-29)26(31-21)36-14-23(33)30-15-7-8-19(27)20(28)11-15/h4-8,11H,9-10,13-14H2,1-3H3,(H,30,33). The Morgan fingerprint density at radius 3 is 2.72 bits per heavy atom. The number of hydrogen-bond donors (Lipinski definition) is 1. The minimum atomic E-state index is -0.248. The van der Waals surface area contributed by atoms with Crippen LogP contribution in [0.15, 0.2) is 41.4 Å². The van der Waals surface area contributed by atoms with Gasteiger partial charge < -0.3 is 19.7 Å². The highest BCUT2D eigenvalue weighted by atomic mass is 35.5. The maximum Gasteiger partial charge on any atom is 0.234 e. The van der Waals surface area contributed by atoms with Gasteiger partial charge in [-0.05, 0) is 36.9 Å². The summed E-state index contributed by atoms with van der Waals surface area (Å²) in [6.45, 7) is 1.50. The fourth-order valence-electron chi connectivity index (χ4n) is 4.17. The van der Waals surface area contributed by atoms with Gasteiger partial charge in [0.25, 0.3) is 0 Å². The number of para-hydroxylation sites is 1. The summed E-state index contributed by atoms with van der Waals surface area (Å²) in [6.07, 6.45) is 0.736. The Morgan fingerprint density at radius 2 is 2.03 bits per heavy atom. The van der Waals surface area contributed by atoms with Crippen molar-refractivity contribution in [1.82, 2.24) is 9.88 Å². The largest absolute Gasteiger partial charge is 0.493 e. The Bertz CT molecular complexity index is 1360. The molecule has 0 spiro atoms. The summed E-state index contributed by atoms with van der Waals surface area (Å²) in [5.74, 6) is 0.937. The molecule has 2 aromatic carbocycles. The second-order valence-electron chi connectivity index (χ2n) is 8.20. The smallest absolute Gasteiger partial charge is 0.234 e. The van der Waals surface area contributed by atoms with Gasteiger partial charge >= 0.3 is 0 Å². The third-order valence-electron chi connectivity index (χ3n) is 5.84. The van der Waals surface area contributed by atoms with Gasteiger partial charge in [-0.1, -0.05) is 47.1 Å². The second kappa shape index (κ2) is 11.4. The molecular formula is C26H24Cl2N4O3S. The first kappa shape index (κ1) is 26.1. The molecule has 0 aliphatic carbocycles. The van der Waals surface area contributed by atoms with E-state index in [0.29, 0.717) is 44.4 Å². The van der Waals surface area contributed by atoms with Crippen LogP contribution in [0.4, 0.5) is 5.69 Å². The summed E-state index contributed by atoms with van der Waals surface area (Å²) in [7, 11) is 5.20. The van der Waals surface area contributed by atoms with Crippen molar-refractivity contribution in [3.8, 4) is 28.7 Å². The van der Waals surface area contributed by atoms with E-state index in [1.165, 1.54) is 11.8 Å². The van der Waals surface area contributed by atoms with Crippen LogP contribution in [0.5, 0.6) is 11.5 Å². The Hall–Kier alpha value is -2.96. The van der Waals surface area contributed by atoms with Gasteiger partial charge in [0.1, 0.15) is 11.1 Å². The van der Waals surface area contributed by atoms with Crippen molar-refractivity contribution in [3.63, 3.8) is 0 Å². The molecule has 3 aromatic rings. The topological polar surface area (TPSA) is 87.5 Å². The normalized spacial score (nSPS) is 13.0. The number of benzene rings is 2. The zero-order chi connectivity index (χ0) is 25.8. The number of hydrogen-bond acceptors (Lipinski definition) is 7. The van der Waals surface area contributed by atoms with Crippen LogP contribution >= 0.6 is 35.0 Å². The van der Waals surface area contributed by atoms with Crippen LogP contribution in [0.3, 0.4) is 0 Å². The van der Waals surface area contributed by atoms with Gasteiger partial charge in [0.2, 0.25) is 5.91 Å². The number of anilines is 1. The average molecular weight is 543 g/mol. The number of methoxy groups -OCH3 is 2. The van der Waals surface area contributed by atoms with Crippen molar-refractivity contribution in [2.75, 3.05) is 38.9 Å². The number of aromatic nitrogens is 1. The van der Waals surface area contributed by atoms with Crippen LogP contribution in [-0.2, 0) is 17.8 Å². The molecule has 1 aliphatic rings. The Balaban J connectivity index is 1.73. The van der Waals surface area contributed by atoms with Gasteiger partial charge in [0, 0.05) is 42.0 Å². The molecule has 0 atom stereocenters. The molecule has 0 saturated heterocycles. The van der Waals surface area contributed by atoms with Crippen molar-refractivity contribution in [1.29, 1.82) is 5.26 Å². The van der Waals surface area contributed by atoms with E-state index in [1.54, 1.807) is 32.4 Å². The molecule has 0 bridgehead atoms. The number of fused-ring (bicyclic) bond motifs is 1. The highest BCUT2D eigenvalue weighted by Gasteiger charge is 2.27. The SMILES string of the molecule is COc1cccc(-c2c(C#N)c(SCC(=O)Nc3ccc(Cl)c(Cl)c3)nc3c2CN(C)CC3)c1OC. The average Bonchev–Trinajstić information content (AvgIpc) is 2.88. The minimum Gasteiger partial charge on any atom is -0.493 e. The summed E-state index contributed by atoms with van der Waals surface area (Å²) in [4.78, 5) is 19.7. The predicted octanol–water partition coefficient (Wildman–Crippen LogP) is 5.66. The van der Waals surface area contributed by atoms with E-state index in [2.05, 4.69) is 16.3 Å². The Labute approximate surface area is 224 Å². The lowest BCUT2D eigenvalue weighted by atomic mass is 9.91. The number of likely N-dealkylation sites (N-methyl/N-ethyl adjacent to an activating group) is 1. The van der Waals surface area contributed by atoms with Gasteiger partial charge in [-0.25, -0.2) is 4.98 Å². The van der Waals surface area contributed by atoms with E-state index < -0.39 is 0 Å². The van der Waals surface area contributed by atoms with Crippen LogP contribution in [0.1, 0.15) is 16.8 Å². The fraction of sp³-hybridized carbons (Fsp3) is 0.269. The van der Waals surface area contributed by atoms with Crippen LogP contribution in [-0.4, -0.2) is 49.4 Å². The Morgan fingerprint density at radius 1 is 1.22 bits per heavy atom. The van der Waals surface area contributed by atoms with E-state index in [1.807, 2.05) is 25.2 Å². The number of nitriles is 1. The van der Waals surface area contributed by atoms with Crippen molar-refractivity contribution in [2.45, 2.75) is 18.0 Å². The summed E-state index contributed by atoms with van der Waals surface area (Å²) >= 11 is 13.2. The summed E-state index contributed by atoms with van der Waals surface area (Å²) in [5.41, 5.74) is 4.36. The molecule has 186 valence electrons. The number of nitrogens with one attached hydrogen (secondary N) is 1. The first-order valence-electron chi connectivity index (χ1n) is 11.1.